The summed E-state index contributed by atoms with van der Waals surface area (Å²) >= 11 is 0. The number of nitrogens with one attached hydrogen (secondary N) is 1. The highest BCUT2D eigenvalue weighted by Gasteiger charge is 2.26. The number of anilines is 1. The van der Waals surface area contributed by atoms with Gasteiger partial charge in [0.1, 0.15) is 0 Å². The van der Waals surface area contributed by atoms with E-state index in [-0.39, 0.29) is 11.9 Å². The molecule has 2 aromatic rings. The molecule has 1 amide bonds. The molecule has 0 aromatic heterocycles. The maximum atomic E-state index is 12.9. The normalized spacial score (nSPS) is 16.1. The van der Waals surface area contributed by atoms with Crippen LogP contribution in [0.15, 0.2) is 30.3 Å². The Hall–Kier alpha value is -2.57. The number of methoxy groups -OCH3 is 2. The van der Waals surface area contributed by atoms with E-state index in [2.05, 4.69) is 40.2 Å². The lowest BCUT2D eigenvalue weighted by molar-refractivity contribution is -0.121. The Morgan fingerprint density at radius 3 is 2.16 bits per heavy atom. The van der Waals surface area contributed by atoms with Gasteiger partial charge in [-0.05, 0) is 56.5 Å². The monoisotopic (exact) mass is 425 g/mol. The maximum absolute atomic E-state index is 12.9. The molecule has 1 fully saturated rings. The molecule has 0 aliphatic carbocycles. The molecule has 0 saturated carbocycles. The summed E-state index contributed by atoms with van der Waals surface area (Å²) in [6.45, 7) is 12.6. The van der Waals surface area contributed by atoms with Crippen LogP contribution in [0.25, 0.3) is 0 Å². The van der Waals surface area contributed by atoms with E-state index in [9.17, 15) is 4.79 Å². The van der Waals surface area contributed by atoms with E-state index in [0.717, 1.165) is 61.0 Å². The minimum absolute atomic E-state index is 0.0587. The molecule has 1 atom stereocenters. The fourth-order valence-corrected chi connectivity index (χ4v) is 4.32. The predicted octanol–water partition coefficient (Wildman–Crippen LogP) is 3.77. The van der Waals surface area contributed by atoms with Crippen molar-refractivity contribution >= 4 is 11.6 Å². The van der Waals surface area contributed by atoms with Crippen molar-refractivity contribution in [3.63, 3.8) is 0 Å². The van der Waals surface area contributed by atoms with E-state index in [1.54, 1.807) is 14.2 Å². The summed E-state index contributed by atoms with van der Waals surface area (Å²) in [5, 5.41) is 3.16. The fraction of sp³-hybridized carbons (Fsp3) is 0.480. The van der Waals surface area contributed by atoms with Crippen LogP contribution in [-0.2, 0) is 11.3 Å². The molecule has 1 aliphatic rings. The average molecular weight is 426 g/mol. The van der Waals surface area contributed by atoms with Gasteiger partial charge in [0.15, 0.2) is 11.5 Å². The first-order valence-corrected chi connectivity index (χ1v) is 10.9. The summed E-state index contributed by atoms with van der Waals surface area (Å²) in [5.41, 5.74) is 5.57. The quantitative estimate of drug-likeness (QED) is 0.732. The Morgan fingerprint density at radius 2 is 1.58 bits per heavy atom. The Kier molecular flexibility index (Phi) is 7.57. The summed E-state index contributed by atoms with van der Waals surface area (Å²) in [5.74, 6) is 1.56. The third kappa shape index (κ3) is 5.57. The molecule has 3 rings (SSSR count). The third-order valence-electron chi connectivity index (χ3n) is 6.11. The van der Waals surface area contributed by atoms with Crippen molar-refractivity contribution in [2.45, 2.75) is 40.3 Å². The van der Waals surface area contributed by atoms with Gasteiger partial charge in [0.2, 0.25) is 5.91 Å². The van der Waals surface area contributed by atoms with Crippen molar-refractivity contribution in [3.8, 4) is 11.5 Å². The second kappa shape index (κ2) is 10.2. The molecule has 0 radical (unpaired) electrons. The number of benzene rings is 2. The zero-order chi connectivity index (χ0) is 22.5. The molecule has 2 aromatic carbocycles. The number of carbonyl (C=O) groups is 1. The van der Waals surface area contributed by atoms with Crippen LogP contribution in [0.3, 0.4) is 0 Å². The van der Waals surface area contributed by atoms with Crippen molar-refractivity contribution in [2.75, 3.05) is 45.7 Å². The number of ether oxygens (including phenoxy) is 2. The van der Waals surface area contributed by atoms with Gasteiger partial charge in [0, 0.05) is 38.4 Å². The lowest BCUT2D eigenvalue weighted by Gasteiger charge is -2.37. The van der Waals surface area contributed by atoms with Gasteiger partial charge in [0.25, 0.3) is 0 Å². The van der Waals surface area contributed by atoms with Gasteiger partial charge in [0.05, 0.1) is 20.3 Å². The Labute approximate surface area is 186 Å². The zero-order valence-corrected chi connectivity index (χ0v) is 19.6. The number of nitrogens with zero attached hydrogens (tertiary/aromatic N) is 2. The maximum Gasteiger partial charge on any atom is 0.241 e. The number of rotatable bonds is 7. The van der Waals surface area contributed by atoms with Crippen LogP contribution in [0.2, 0.25) is 0 Å². The molecule has 168 valence electrons. The van der Waals surface area contributed by atoms with Gasteiger partial charge in [-0.3, -0.25) is 14.6 Å². The first kappa shape index (κ1) is 23.1. The van der Waals surface area contributed by atoms with Gasteiger partial charge >= 0.3 is 0 Å². The highest BCUT2D eigenvalue weighted by atomic mass is 16.5. The summed E-state index contributed by atoms with van der Waals surface area (Å²) in [7, 11) is 3.31. The number of amides is 1. The second-order valence-corrected chi connectivity index (χ2v) is 8.44. The van der Waals surface area contributed by atoms with Crippen LogP contribution in [0.4, 0.5) is 5.69 Å². The van der Waals surface area contributed by atoms with E-state index in [1.165, 1.54) is 11.1 Å². The van der Waals surface area contributed by atoms with E-state index in [4.69, 9.17) is 9.47 Å². The molecule has 0 unspecified atom stereocenters. The van der Waals surface area contributed by atoms with Gasteiger partial charge in [-0.25, -0.2) is 0 Å². The van der Waals surface area contributed by atoms with Crippen LogP contribution in [0.1, 0.15) is 29.2 Å². The largest absolute Gasteiger partial charge is 0.493 e. The number of carbonyl (C=O) groups excluding carboxylic acids is 1. The highest BCUT2D eigenvalue weighted by Crippen LogP contribution is 2.28. The van der Waals surface area contributed by atoms with Crippen LogP contribution in [0.5, 0.6) is 11.5 Å². The van der Waals surface area contributed by atoms with E-state index in [1.807, 2.05) is 32.9 Å². The molecule has 1 N–H and O–H groups in total. The van der Waals surface area contributed by atoms with E-state index < -0.39 is 0 Å². The summed E-state index contributed by atoms with van der Waals surface area (Å²) in [6, 6.07) is 10.1. The van der Waals surface area contributed by atoms with Gasteiger partial charge in [-0.15, -0.1) is 0 Å². The molecular weight excluding hydrogens is 390 g/mol. The average Bonchev–Trinajstić information content (AvgIpc) is 2.76. The number of piperazine rings is 1. The summed E-state index contributed by atoms with van der Waals surface area (Å²) in [6.07, 6.45) is 0. The third-order valence-corrected chi connectivity index (χ3v) is 6.11. The van der Waals surface area contributed by atoms with Crippen molar-refractivity contribution in [2.24, 2.45) is 0 Å². The van der Waals surface area contributed by atoms with Crippen molar-refractivity contribution in [3.05, 3.63) is 52.6 Å². The Morgan fingerprint density at radius 1 is 0.968 bits per heavy atom. The minimum atomic E-state index is -0.164. The lowest BCUT2D eigenvalue weighted by Crippen LogP contribution is -2.52. The fourth-order valence-electron chi connectivity index (χ4n) is 4.32. The first-order valence-electron chi connectivity index (χ1n) is 10.9. The zero-order valence-electron chi connectivity index (χ0n) is 19.6. The highest BCUT2D eigenvalue weighted by molar-refractivity contribution is 5.96. The molecule has 1 heterocycles. The molecule has 0 spiro atoms. The molecule has 0 bridgehead atoms. The smallest absolute Gasteiger partial charge is 0.241 e. The van der Waals surface area contributed by atoms with Crippen LogP contribution in [-0.4, -0.2) is 62.1 Å². The minimum Gasteiger partial charge on any atom is -0.493 e. The van der Waals surface area contributed by atoms with Crippen molar-refractivity contribution < 1.29 is 14.3 Å². The standard InChI is InChI=1S/C25H35N3O3/c1-17-13-18(2)24(19(3)14-17)26-25(29)20(4)28-11-9-27(10-12-28)16-21-7-8-22(30-5)23(15-21)31-6/h7-8,13-15,20H,9-12,16H2,1-6H3,(H,26,29)/t20-/m1/s1. The van der Waals surface area contributed by atoms with Crippen molar-refractivity contribution in [1.29, 1.82) is 0 Å². The molecule has 1 aliphatic heterocycles. The first-order chi connectivity index (χ1) is 14.8. The number of hydrogen-bond acceptors (Lipinski definition) is 5. The van der Waals surface area contributed by atoms with Crippen LogP contribution < -0.4 is 14.8 Å². The Bertz CT molecular complexity index is 897. The Balaban J connectivity index is 1.55. The summed E-state index contributed by atoms with van der Waals surface area (Å²) in [4.78, 5) is 17.6. The predicted molar refractivity (Wildman–Crippen MR) is 125 cm³/mol. The molecule has 6 heteroatoms. The molecule has 31 heavy (non-hydrogen) atoms. The lowest BCUT2D eigenvalue weighted by atomic mass is 10.0. The number of aryl methyl sites for hydroxylation is 3. The molecular formula is C25H35N3O3. The number of hydrogen-bond donors (Lipinski definition) is 1. The van der Waals surface area contributed by atoms with Crippen molar-refractivity contribution in [1.82, 2.24) is 9.80 Å². The second-order valence-electron chi connectivity index (χ2n) is 8.44. The van der Waals surface area contributed by atoms with Crippen LogP contribution >= 0.6 is 0 Å². The van der Waals surface area contributed by atoms with Gasteiger partial charge < -0.3 is 14.8 Å². The topological polar surface area (TPSA) is 54.0 Å². The van der Waals surface area contributed by atoms with E-state index in [0.29, 0.717) is 0 Å². The molecule has 1 saturated heterocycles. The summed E-state index contributed by atoms with van der Waals surface area (Å²) < 4.78 is 10.7. The van der Waals surface area contributed by atoms with Gasteiger partial charge in [-0.1, -0.05) is 23.8 Å². The SMILES string of the molecule is COc1ccc(CN2CCN([C@H](C)C(=O)Nc3c(C)cc(C)cc3C)CC2)cc1OC. The van der Waals surface area contributed by atoms with E-state index >= 15 is 0 Å². The van der Waals surface area contributed by atoms with Crippen LogP contribution in [0, 0.1) is 20.8 Å². The van der Waals surface area contributed by atoms with Gasteiger partial charge in [-0.2, -0.15) is 0 Å². The molecule has 6 nitrogen and oxygen atoms in total.